The molecule has 1 heterocycles. The molecule has 1 aliphatic rings. The summed E-state index contributed by atoms with van der Waals surface area (Å²) in [4.78, 5) is 29.0. The first-order valence-electron chi connectivity index (χ1n) is 14.6. The van der Waals surface area contributed by atoms with Crippen molar-refractivity contribution in [2.45, 2.75) is 36.4 Å². The van der Waals surface area contributed by atoms with E-state index < -0.39 is 34.4 Å². The van der Waals surface area contributed by atoms with Crippen LogP contribution in [0.3, 0.4) is 0 Å². The van der Waals surface area contributed by atoms with Crippen molar-refractivity contribution in [3.05, 3.63) is 126 Å². The number of nitrogens with one attached hydrogen (secondary N) is 2. The number of amides is 2. The molecule has 0 unspecified atom stereocenters. The third kappa shape index (κ3) is 8.68. The summed E-state index contributed by atoms with van der Waals surface area (Å²) < 4.78 is 52.6. The highest BCUT2D eigenvalue weighted by Crippen LogP contribution is 2.25. The molecule has 1 aliphatic heterocycles. The topological polar surface area (TPSA) is 114 Å². The number of ether oxygens (including phenoxy) is 2. The van der Waals surface area contributed by atoms with Gasteiger partial charge >= 0.3 is 0 Å². The molecule has 2 N–H and O–H groups in total. The molecule has 0 radical (unpaired) electrons. The van der Waals surface area contributed by atoms with E-state index in [1.807, 2.05) is 60.7 Å². The van der Waals surface area contributed by atoms with Gasteiger partial charge in [0.1, 0.15) is 17.6 Å². The molecule has 0 saturated carbocycles. The Balaban J connectivity index is 1.32. The summed E-state index contributed by atoms with van der Waals surface area (Å²) >= 11 is 0. The van der Waals surface area contributed by atoms with E-state index in [2.05, 4.69) is 10.0 Å². The van der Waals surface area contributed by atoms with E-state index in [0.29, 0.717) is 18.7 Å². The molecule has 0 aliphatic carbocycles. The molecule has 5 rings (SSSR count). The third-order valence-electron chi connectivity index (χ3n) is 7.31. The molecule has 1 saturated heterocycles. The van der Waals surface area contributed by atoms with E-state index in [1.165, 1.54) is 41.3 Å². The van der Waals surface area contributed by atoms with Gasteiger partial charge in [0.15, 0.2) is 6.61 Å². The maximum Gasteiger partial charge on any atom is 0.261 e. The standard InChI is InChI=1S/C34H34FN3O6S/c35-27-13-15-28(16-14-27)37-45(41,42)31-19-17-29(18-20-31)44-24-32(39)38(23-25-8-3-1-4-9-25)33(26-10-5-2-6-11-26)34(40)36-22-30-12-7-21-43-30/h1-6,8-11,13-20,30,33,37H,7,12,21-24H2,(H,36,40)/t30-,33-/m1/s1. The summed E-state index contributed by atoms with van der Waals surface area (Å²) in [6.45, 7) is 0.769. The Hall–Kier alpha value is -4.74. The SMILES string of the molecule is O=C(NC[C@H]1CCCO1)[C@@H](c1ccccc1)N(Cc1ccccc1)C(=O)COc1ccc(S(=O)(=O)Nc2ccc(F)cc2)cc1. The molecule has 1 fully saturated rings. The fourth-order valence-electron chi connectivity index (χ4n) is 5.00. The van der Waals surface area contributed by atoms with Gasteiger partial charge in [-0.2, -0.15) is 0 Å². The van der Waals surface area contributed by atoms with E-state index >= 15 is 0 Å². The van der Waals surface area contributed by atoms with Crippen LogP contribution in [-0.2, 0) is 30.9 Å². The molecule has 2 atom stereocenters. The van der Waals surface area contributed by atoms with Crippen molar-refractivity contribution in [3.8, 4) is 5.75 Å². The van der Waals surface area contributed by atoms with Crippen LogP contribution in [0.5, 0.6) is 5.75 Å². The van der Waals surface area contributed by atoms with Crippen LogP contribution in [0.15, 0.2) is 114 Å². The summed E-state index contributed by atoms with van der Waals surface area (Å²) in [5, 5.41) is 2.98. The summed E-state index contributed by atoms with van der Waals surface area (Å²) in [6.07, 6.45) is 1.74. The minimum Gasteiger partial charge on any atom is -0.484 e. The molecule has 4 aromatic rings. The molecular formula is C34H34FN3O6S. The molecule has 0 bridgehead atoms. The second-order valence-electron chi connectivity index (χ2n) is 10.6. The number of hydrogen-bond acceptors (Lipinski definition) is 6. The highest BCUT2D eigenvalue weighted by Gasteiger charge is 2.32. The monoisotopic (exact) mass is 631 g/mol. The Morgan fingerprint density at radius 2 is 1.58 bits per heavy atom. The number of halogens is 1. The lowest BCUT2D eigenvalue weighted by Gasteiger charge is -2.32. The quantitative estimate of drug-likeness (QED) is 0.213. The average Bonchev–Trinajstić information content (AvgIpc) is 3.58. The number of hydrogen-bond donors (Lipinski definition) is 2. The fourth-order valence-corrected chi connectivity index (χ4v) is 6.06. The lowest BCUT2D eigenvalue weighted by atomic mass is 10.0. The molecule has 2 amide bonds. The first kappa shape index (κ1) is 31.7. The van der Waals surface area contributed by atoms with E-state index in [4.69, 9.17) is 9.47 Å². The second-order valence-corrected chi connectivity index (χ2v) is 12.3. The maximum atomic E-state index is 13.8. The molecule has 0 spiro atoms. The van der Waals surface area contributed by atoms with Gasteiger partial charge in [0, 0.05) is 25.4 Å². The number of sulfonamides is 1. The summed E-state index contributed by atoms with van der Waals surface area (Å²) in [5.74, 6) is -0.979. The van der Waals surface area contributed by atoms with Crippen molar-refractivity contribution in [1.82, 2.24) is 10.2 Å². The Morgan fingerprint density at radius 3 is 2.22 bits per heavy atom. The fraction of sp³-hybridized carbons (Fsp3) is 0.235. The highest BCUT2D eigenvalue weighted by atomic mass is 32.2. The highest BCUT2D eigenvalue weighted by molar-refractivity contribution is 7.92. The van der Waals surface area contributed by atoms with Gasteiger partial charge in [-0.05, 0) is 72.5 Å². The molecule has 11 heteroatoms. The van der Waals surface area contributed by atoms with Crippen LogP contribution in [0.2, 0.25) is 0 Å². The smallest absolute Gasteiger partial charge is 0.261 e. The number of anilines is 1. The average molecular weight is 632 g/mol. The summed E-state index contributed by atoms with van der Waals surface area (Å²) in [5.41, 5.74) is 1.70. The Bertz CT molecular complexity index is 1670. The van der Waals surface area contributed by atoms with Gasteiger partial charge in [0.25, 0.3) is 15.9 Å². The van der Waals surface area contributed by atoms with Crippen molar-refractivity contribution in [3.63, 3.8) is 0 Å². The van der Waals surface area contributed by atoms with Crippen molar-refractivity contribution in [2.24, 2.45) is 0 Å². The maximum absolute atomic E-state index is 13.8. The van der Waals surface area contributed by atoms with Crippen molar-refractivity contribution < 1.29 is 31.9 Å². The molecule has 0 aromatic heterocycles. The zero-order valence-corrected chi connectivity index (χ0v) is 25.3. The van der Waals surface area contributed by atoms with Crippen LogP contribution >= 0.6 is 0 Å². The number of carbonyl (C=O) groups is 2. The molecular weight excluding hydrogens is 597 g/mol. The first-order valence-corrected chi connectivity index (χ1v) is 16.1. The zero-order chi connectivity index (χ0) is 31.6. The van der Waals surface area contributed by atoms with E-state index in [1.54, 1.807) is 0 Å². The minimum atomic E-state index is -3.94. The van der Waals surface area contributed by atoms with Crippen LogP contribution in [0.4, 0.5) is 10.1 Å². The Morgan fingerprint density at radius 1 is 0.911 bits per heavy atom. The van der Waals surface area contributed by atoms with Gasteiger partial charge in [-0.1, -0.05) is 60.7 Å². The van der Waals surface area contributed by atoms with Crippen molar-refractivity contribution >= 4 is 27.5 Å². The number of rotatable bonds is 13. The van der Waals surface area contributed by atoms with E-state index in [0.717, 1.165) is 30.5 Å². The lowest BCUT2D eigenvalue weighted by Crippen LogP contribution is -2.46. The normalized spacial score (nSPS) is 15.2. The third-order valence-corrected chi connectivity index (χ3v) is 8.71. The molecule has 45 heavy (non-hydrogen) atoms. The minimum absolute atomic E-state index is 0.0386. The number of carbonyl (C=O) groups excluding carboxylic acids is 2. The molecule has 4 aromatic carbocycles. The Kier molecular flexibility index (Phi) is 10.4. The van der Waals surface area contributed by atoms with E-state index in [9.17, 15) is 22.4 Å². The Labute approximate surface area is 262 Å². The summed E-state index contributed by atoms with van der Waals surface area (Å²) in [7, 11) is -3.94. The van der Waals surface area contributed by atoms with Crippen LogP contribution < -0.4 is 14.8 Å². The van der Waals surface area contributed by atoms with E-state index in [-0.39, 0.29) is 34.9 Å². The van der Waals surface area contributed by atoms with Gasteiger partial charge in [0.05, 0.1) is 11.0 Å². The predicted octanol–water partition coefficient (Wildman–Crippen LogP) is 5.07. The molecule has 9 nitrogen and oxygen atoms in total. The summed E-state index contributed by atoms with van der Waals surface area (Å²) in [6, 6.07) is 28.1. The zero-order valence-electron chi connectivity index (χ0n) is 24.5. The van der Waals surface area contributed by atoms with Gasteiger partial charge < -0.3 is 19.7 Å². The first-order chi connectivity index (χ1) is 21.8. The van der Waals surface area contributed by atoms with Crippen LogP contribution in [0, 0.1) is 5.82 Å². The number of benzene rings is 4. The lowest BCUT2D eigenvalue weighted by molar-refractivity contribution is -0.143. The van der Waals surface area contributed by atoms with Crippen molar-refractivity contribution in [2.75, 3.05) is 24.5 Å². The van der Waals surface area contributed by atoms with Gasteiger partial charge in [-0.3, -0.25) is 14.3 Å². The van der Waals surface area contributed by atoms with Crippen LogP contribution in [0.1, 0.15) is 30.0 Å². The molecule has 234 valence electrons. The van der Waals surface area contributed by atoms with Crippen LogP contribution in [-0.4, -0.2) is 51.0 Å². The van der Waals surface area contributed by atoms with Gasteiger partial charge in [0.2, 0.25) is 5.91 Å². The number of nitrogens with zero attached hydrogens (tertiary/aromatic N) is 1. The predicted molar refractivity (Wildman–Crippen MR) is 167 cm³/mol. The van der Waals surface area contributed by atoms with Crippen LogP contribution in [0.25, 0.3) is 0 Å². The van der Waals surface area contributed by atoms with Gasteiger partial charge in [-0.25, -0.2) is 12.8 Å². The second kappa shape index (κ2) is 14.8. The van der Waals surface area contributed by atoms with Gasteiger partial charge in [-0.15, -0.1) is 0 Å². The largest absolute Gasteiger partial charge is 0.484 e. The van der Waals surface area contributed by atoms with Crippen molar-refractivity contribution in [1.29, 1.82) is 0 Å².